The lowest BCUT2D eigenvalue weighted by molar-refractivity contribution is -0.120. The molecule has 0 saturated heterocycles. The minimum atomic E-state index is -0.183. The molecule has 2 rings (SSSR count). The monoisotopic (exact) mass is 366 g/mol. The van der Waals surface area contributed by atoms with E-state index in [0.717, 1.165) is 22.2 Å². The van der Waals surface area contributed by atoms with Gasteiger partial charge in [-0.05, 0) is 32.4 Å². The number of carbonyl (C=O) groups is 1. The summed E-state index contributed by atoms with van der Waals surface area (Å²) in [5, 5.41) is 15.1. The standard InChI is InChI=1S/C16H22N4O2S2/c1-5-16(2,3)18-13(21)10-23-15-20-19-14(24-15)17-11-7-6-8-12(9-11)22-4/h6-9H,5,10H2,1-4H3,(H,17,19)(H,18,21). The van der Waals surface area contributed by atoms with E-state index in [1.807, 2.05) is 38.1 Å². The van der Waals surface area contributed by atoms with Crippen molar-refractivity contribution in [2.45, 2.75) is 37.1 Å². The summed E-state index contributed by atoms with van der Waals surface area (Å²) in [6.45, 7) is 6.07. The molecule has 0 unspecified atom stereocenters. The summed E-state index contributed by atoms with van der Waals surface area (Å²) >= 11 is 2.80. The summed E-state index contributed by atoms with van der Waals surface area (Å²) in [5.74, 6) is 1.11. The highest BCUT2D eigenvalue weighted by Gasteiger charge is 2.18. The van der Waals surface area contributed by atoms with Crippen LogP contribution < -0.4 is 15.4 Å². The van der Waals surface area contributed by atoms with E-state index < -0.39 is 0 Å². The molecule has 1 heterocycles. The Morgan fingerprint density at radius 3 is 2.88 bits per heavy atom. The number of thioether (sulfide) groups is 1. The van der Waals surface area contributed by atoms with Crippen LogP contribution in [0.5, 0.6) is 5.75 Å². The Balaban J connectivity index is 1.88. The molecular weight excluding hydrogens is 344 g/mol. The average molecular weight is 367 g/mol. The van der Waals surface area contributed by atoms with Crippen molar-refractivity contribution in [1.82, 2.24) is 15.5 Å². The highest BCUT2D eigenvalue weighted by molar-refractivity contribution is 8.01. The minimum Gasteiger partial charge on any atom is -0.497 e. The van der Waals surface area contributed by atoms with Crippen LogP contribution in [-0.4, -0.2) is 34.5 Å². The predicted octanol–water partition coefficient (Wildman–Crippen LogP) is 3.69. The third-order valence-corrected chi connectivity index (χ3v) is 5.39. The van der Waals surface area contributed by atoms with Crippen LogP contribution in [0.4, 0.5) is 10.8 Å². The summed E-state index contributed by atoms with van der Waals surface area (Å²) in [6.07, 6.45) is 0.886. The molecule has 24 heavy (non-hydrogen) atoms. The van der Waals surface area contributed by atoms with Gasteiger partial charge in [0.2, 0.25) is 11.0 Å². The van der Waals surface area contributed by atoms with E-state index >= 15 is 0 Å². The number of rotatable bonds is 8. The summed E-state index contributed by atoms with van der Waals surface area (Å²) in [4.78, 5) is 12.0. The topological polar surface area (TPSA) is 76.1 Å². The van der Waals surface area contributed by atoms with E-state index in [9.17, 15) is 4.79 Å². The molecule has 0 bridgehead atoms. The number of nitrogens with zero attached hydrogens (tertiary/aromatic N) is 2. The summed E-state index contributed by atoms with van der Waals surface area (Å²) < 4.78 is 5.94. The van der Waals surface area contributed by atoms with Gasteiger partial charge in [-0.2, -0.15) is 0 Å². The third-order valence-electron chi connectivity index (χ3n) is 3.42. The van der Waals surface area contributed by atoms with Crippen LogP contribution in [0, 0.1) is 0 Å². The van der Waals surface area contributed by atoms with Crippen molar-refractivity contribution >= 4 is 39.8 Å². The zero-order valence-electron chi connectivity index (χ0n) is 14.3. The Hall–Kier alpha value is -1.80. The molecule has 2 N–H and O–H groups in total. The van der Waals surface area contributed by atoms with Crippen molar-refractivity contribution in [3.05, 3.63) is 24.3 Å². The van der Waals surface area contributed by atoms with Crippen molar-refractivity contribution in [3.63, 3.8) is 0 Å². The second-order valence-corrected chi connectivity index (χ2v) is 8.00. The first-order chi connectivity index (χ1) is 11.4. The number of benzene rings is 1. The van der Waals surface area contributed by atoms with E-state index in [1.54, 1.807) is 7.11 Å². The highest BCUT2D eigenvalue weighted by atomic mass is 32.2. The molecule has 0 saturated carbocycles. The fourth-order valence-corrected chi connectivity index (χ4v) is 3.34. The zero-order valence-corrected chi connectivity index (χ0v) is 15.9. The van der Waals surface area contributed by atoms with Crippen LogP contribution in [0.3, 0.4) is 0 Å². The quantitative estimate of drug-likeness (QED) is 0.694. The molecule has 1 amide bonds. The average Bonchev–Trinajstić information content (AvgIpc) is 3.00. The smallest absolute Gasteiger partial charge is 0.230 e. The number of aromatic nitrogens is 2. The van der Waals surface area contributed by atoms with Gasteiger partial charge in [-0.3, -0.25) is 4.79 Å². The first kappa shape index (κ1) is 18.5. The Labute approximate surface area is 150 Å². The van der Waals surface area contributed by atoms with Crippen LogP contribution in [0.2, 0.25) is 0 Å². The summed E-state index contributed by atoms with van der Waals surface area (Å²) in [5.41, 5.74) is 0.696. The lowest BCUT2D eigenvalue weighted by Gasteiger charge is -2.24. The van der Waals surface area contributed by atoms with E-state index in [1.165, 1.54) is 23.1 Å². The Morgan fingerprint density at radius 2 is 2.17 bits per heavy atom. The molecule has 0 spiro atoms. The van der Waals surface area contributed by atoms with Gasteiger partial charge in [0.1, 0.15) is 5.75 Å². The first-order valence-corrected chi connectivity index (χ1v) is 9.40. The van der Waals surface area contributed by atoms with Crippen molar-refractivity contribution in [2.24, 2.45) is 0 Å². The summed E-state index contributed by atoms with van der Waals surface area (Å²) in [6, 6.07) is 7.59. The van der Waals surface area contributed by atoms with Gasteiger partial charge in [0, 0.05) is 17.3 Å². The molecule has 0 radical (unpaired) electrons. The summed E-state index contributed by atoms with van der Waals surface area (Å²) in [7, 11) is 1.63. The number of hydrogen-bond acceptors (Lipinski definition) is 7. The van der Waals surface area contributed by atoms with Gasteiger partial charge in [0.15, 0.2) is 4.34 Å². The molecule has 0 aliphatic rings. The van der Waals surface area contributed by atoms with E-state index in [4.69, 9.17) is 4.74 Å². The number of anilines is 2. The predicted molar refractivity (Wildman–Crippen MR) is 99.4 cm³/mol. The molecule has 0 atom stereocenters. The van der Waals surface area contributed by atoms with E-state index in [-0.39, 0.29) is 11.4 Å². The van der Waals surface area contributed by atoms with Crippen molar-refractivity contribution in [3.8, 4) is 5.75 Å². The normalized spacial score (nSPS) is 11.2. The molecule has 8 heteroatoms. The fourth-order valence-electron chi connectivity index (χ4n) is 1.77. The van der Waals surface area contributed by atoms with Crippen LogP contribution in [-0.2, 0) is 4.79 Å². The first-order valence-electron chi connectivity index (χ1n) is 7.60. The van der Waals surface area contributed by atoms with E-state index in [2.05, 4.69) is 27.8 Å². The molecule has 0 aliphatic carbocycles. The maximum Gasteiger partial charge on any atom is 0.230 e. The van der Waals surface area contributed by atoms with Crippen molar-refractivity contribution in [2.75, 3.05) is 18.2 Å². The molecule has 1 aromatic carbocycles. The Kier molecular flexibility index (Phi) is 6.44. The van der Waals surface area contributed by atoms with Crippen LogP contribution in [0.25, 0.3) is 0 Å². The third kappa shape index (κ3) is 5.68. The molecule has 130 valence electrons. The number of carbonyl (C=O) groups excluding carboxylic acids is 1. The number of nitrogens with one attached hydrogen (secondary N) is 2. The van der Waals surface area contributed by atoms with Gasteiger partial charge in [0.25, 0.3) is 0 Å². The lowest BCUT2D eigenvalue weighted by atomic mass is 10.0. The van der Waals surface area contributed by atoms with Gasteiger partial charge in [-0.25, -0.2) is 0 Å². The number of methoxy groups -OCH3 is 1. The highest BCUT2D eigenvalue weighted by Crippen LogP contribution is 2.28. The molecule has 0 fully saturated rings. The van der Waals surface area contributed by atoms with E-state index in [0.29, 0.717) is 10.9 Å². The molecule has 6 nitrogen and oxygen atoms in total. The Morgan fingerprint density at radius 1 is 1.38 bits per heavy atom. The second-order valence-electron chi connectivity index (χ2n) is 5.80. The largest absolute Gasteiger partial charge is 0.497 e. The zero-order chi connectivity index (χ0) is 17.6. The van der Waals surface area contributed by atoms with Crippen LogP contribution in [0.1, 0.15) is 27.2 Å². The fraction of sp³-hybridized carbons (Fsp3) is 0.438. The number of amides is 1. The maximum absolute atomic E-state index is 12.0. The van der Waals surface area contributed by atoms with Gasteiger partial charge >= 0.3 is 0 Å². The number of hydrogen-bond donors (Lipinski definition) is 2. The van der Waals surface area contributed by atoms with Crippen LogP contribution in [0.15, 0.2) is 28.6 Å². The minimum absolute atomic E-state index is 0.00403. The van der Waals surface area contributed by atoms with Crippen LogP contribution >= 0.6 is 23.1 Å². The van der Waals surface area contributed by atoms with Gasteiger partial charge in [0.05, 0.1) is 12.9 Å². The molecule has 0 aliphatic heterocycles. The molecular formula is C16H22N4O2S2. The van der Waals surface area contributed by atoms with Crippen molar-refractivity contribution < 1.29 is 9.53 Å². The van der Waals surface area contributed by atoms with Gasteiger partial charge < -0.3 is 15.4 Å². The lowest BCUT2D eigenvalue weighted by Crippen LogP contribution is -2.43. The SMILES string of the molecule is CCC(C)(C)NC(=O)CSc1nnc(Nc2cccc(OC)c2)s1. The molecule has 2 aromatic rings. The van der Waals surface area contributed by atoms with Crippen molar-refractivity contribution in [1.29, 1.82) is 0 Å². The van der Waals surface area contributed by atoms with Gasteiger partial charge in [-0.1, -0.05) is 36.1 Å². The van der Waals surface area contributed by atoms with Gasteiger partial charge in [-0.15, -0.1) is 10.2 Å². The Bertz CT molecular complexity index is 688. The molecule has 1 aromatic heterocycles. The second kappa shape index (κ2) is 8.34. The number of ether oxygens (including phenoxy) is 1. The maximum atomic E-state index is 12.0.